The summed E-state index contributed by atoms with van der Waals surface area (Å²) in [6.45, 7) is 5.77. The highest BCUT2D eigenvalue weighted by molar-refractivity contribution is 7.92. The Kier molecular flexibility index (Phi) is 6.31. The molecule has 3 heterocycles. The van der Waals surface area contributed by atoms with Crippen LogP contribution in [0.25, 0.3) is 22.4 Å². The molecule has 11 heteroatoms. The van der Waals surface area contributed by atoms with Crippen molar-refractivity contribution in [3.8, 4) is 11.4 Å². The van der Waals surface area contributed by atoms with Gasteiger partial charge in [0.1, 0.15) is 17.3 Å². The lowest BCUT2D eigenvalue weighted by molar-refractivity contribution is 0.103. The van der Waals surface area contributed by atoms with E-state index in [1.54, 1.807) is 30.6 Å². The third-order valence-corrected chi connectivity index (χ3v) is 7.55. The van der Waals surface area contributed by atoms with E-state index in [1.807, 2.05) is 20.8 Å². The maximum atomic E-state index is 15.5. The smallest absolute Gasteiger partial charge is 0.261 e. The second-order valence-corrected chi connectivity index (χ2v) is 10.9. The van der Waals surface area contributed by atoms with Crippen LogP contribution < -0.4 is 4.72 Å². The van der Waals surface area contributed by atoms with Gasteiger partial charge in [0.2, 0.25) is 5.78 Å². The normalized spacial score (nSPS) is 11.8. The number of halogens is 2. The van der Waals surface area contributed by atoms with Crippen LogP contribution in [0.3, 0.4) is 0 Å². The Morgan fingerprint density at radius 3 is 2.42 bits per heavy atom. The van der Waals surface area contributed by atoms with E-state index in [0.717, 1.165) is 23.4 Å². The van der Waals surface area contributed by atoms with E-state index in [-0.39, 0.29) is 16.4 Å². The number of carbonyl (C=O) groups excluding carboxylic acids is 1. The maximum absolute atomic E-state index is 15.5. The highest BCUT2D eigenvalue weighted by atomic mass is 32.2. The fraction of sp³-hybridized carbons (Fsp3) is 0.148. The number of anilines is 1. The van der Waals surface area contributed by atoms with Crippen LogP contribution in [0.15, 0.2) is 66.0 Å². The number of pyridine rings is 1. The molecule has 0 amide bonds. The van der Waals surface area contributed by atoms with Gasteiger partial charge in [0.05, 0.1) is 16.1 Å². The molecule has 3 N–H and O–H groups in total. The lowest BCUT2D eigenvalue weighted by Crippen LogP contribution is -2.16. The highest BCUT2D eigenvalue weighted by Gasteiger charge is 2.26. The monoisotopic (exact) mass is 535 g/mol. The number of hydrogen-bond acceptors (Lipinski definition) is 5. The number of rotatable bonds is 7. The number of carbonyl (C=O) groups is 1. The van der Waals surface area contributed by atoms with Gasteiger partial charge in [-0.25, -0.2) is 27.2 Å². The van der Waals surface area contributed by atoms with Gasteiger partial charge in [-0.2, -0.15) is 0 Å². The van der Waals surface area contributed by atoms with Crippen LogP contribution in [0.5, 0.6) is 0 Å². The largest absolute Gasteiger partial charge is 0.345 e. The average molecular weight is 536 g/mol. The Bertz CT molecular complexity index is 1790. The number of nitrogens with one attached hydrogen (secondary N) is 3. The molecule has 2 aromatic carbocycles. The molecule has 194 valence electrons. The summed E-state index contributed by atoms with van der Waals surface area (Å²) in [5.41, 5.74) is 1.20. The lowest BCUT2D eigenvalue weighted by Gasteiger charge is -2.13. The van der Waals surface area contributed by atoms with E-state index < -0.39 is 38.7 Å². The van der Waals surface area contributed by atoms with Crippen molar-refractivity contribution in [2.24, 2.45) is 0 Å². The molecule has 0 saturated heterocycles. The summed E-state index contributed by atoms with van der Waals surface area (Å²) < 4.78 is 58.3. The molecule has 0 spiro atoms. The lowest BCUT2D eigenvalue weighted by atomic mass is 10.0. The number of fused-ring (bicyclic) bond motifs is 1. The molecular weight excluding hydrogens is 512 g/mol. The van der Waals surface area contributed by atoms with Crippen LogP contribution in [-0.2, 0) is 10.0 Å². The van der Waals surface area contributed by atoms with Crippen LogP contribution in [-0.4, -0.2) is 34.1 Å². The van der Waals surface area contributed by atoms with Crippen molar-refractivity contribution in [3.63, 3.8) is 0 Å². The highest BCUT2D eigenvalue weighted by Crippen LogP contribution is 2.30. The number of hydrogen-bond donors (Lipinski definition) is 3. The van der Waals surface area contributed by atoms with Crippen molar-refractivity contribution in [3.05, 3.63) is 95.1 Å². The minimum atomic E-state index is -4.21. The topological polar surface area (TPSA) is 121 Å². The van der Waals surface area contributed by atoms with E-state index in [2.05, 4.69) is 24.7 Å². The summed E-state index contributed by atoms with van der Waals surface area (Å²) >= 11 is 0. The molecule has 0 radical (unpaired) electrons. The first-order valence-electron chi connectivity index (χ1n) is 11.7. The van der Waals surface area contributed by atoms with Gasteiger partial charge in [0.15, 0.2) is 5.82 Å². The summed E-state index contributed by atoms with van der Waals surface area (Å²) in [5.74, 6) is -2.70. The van der Waals surface area contributed by atoms with Crippen LogP contribution in [0.4, 0.5) is 14.5 Å². The number of aromatic nitrogens is 4. The standard InChI is InChI=1S/C27H23F2N5O3S/c1-14(2)16-4-6-18(7-5-16)38(36,37)34-22-9-8-21(28)23(24(22)29)25(35)20-13-32-27-19(20)10-17(12-31-27)26-30-11-15(3)33-26/h4-14,34H,1-3H3,(H,30,33)(H,31,32). The van der Waals surface area contributed by atoms with E-state index in [9.17, 15) is 17.6 Å². The summed E-state index contributed by atoms with van der Waals surface area (Å²) in [6.07, 6.45) is 4.50. The molecule has 3 aromatic heterocycles. The van der Waals surface area contributed by atoms with Crippen molar-refractivity contribution >= 4 is 32.5 Å². The summed E-state index contributed by atoms with van der Waals surface area (Å²) in [5, 5.41) is 0.330. The zero-order valence-corrected chi connectivity index (χ0v) is 21.5. The number of nitrogens with zero attached hydrogens (tertiary/aromatic N) is 2. The zero-order valence-electron chi connectivity index (χ0n) is 20.6. The second-order valence-electron chi connectivity index (χ2n) is 9.18. The Balaban J connectivity index is 1.51. The van der Waals surface area contributed by atoms with Crippen LogP contribution >= 0.6 is 0 Å². The van der Waals surface area contributed by atoms with Gasteiger partial charge in [-0.05, 0) is 48.7 Å². The van der Waals surface area contributed by atoms with Gasteiger partial charge in [0.25, 0.3) is 10.0 Å². The van der Waals surface area contributed by atoms with Gasteiger partial charge in [0, 0.05) is 40.8 Å². The Morgan fingerprint density at radius 1 is 1.03 bits per heavy atom. The van der Waals surface area contributed by atoms with Gasteiger partial charge < -0.3 is 9.97 Å². The van der Waals surface area contributed by atoms with E-state index in [0.29, 0.717) is 22.4 Å². The van der Waals surface area contributed by atoms with Crippen molar-refractivity contribution in [2.75, 3.05) is 4.72 Å². The van der Waals surface area contributed by atoms with E-state index in [1.165, 1.54) is 18.3 Å². The third-order valence-electron chi connectivity index (χ3n) is 6.17. The minimum Gasteiger partial charge on any atom is -0.345 e. The number of aryl methyl sites for hydroxylation is 1. The van der Waals surface area contributed by atoms with Gasteiger partial charge in [-0.3, -0.25) is 9.52 Å². The van der Waals surface area contributed by atoms with Crippen LogP contribution in [0, 0.1) is 18.6 Å². The van der Waals surface area contributed by atoms with Crippen molar-refractivity contribution in [1.29, 1.82) is 0 Å². The number of ketones is 1. The zero-order chi connectivity index (χ0) is 27.2. The van der Waals surface area contributed by atoms with Gasteiger partial charge in [-0.1, -0.05) is 26.0 Å². The third kappa shape index (κ3) is 4.56. The Hall–Kier alpha value is -4.38. The molecule has 0 saturated carbocycles. The van der Waals surface area contributed by atoms with Crippen molar-refractivity contribution < 1.29 is 22.0 Å². The van der Waals surface area contributed by atoms with Crippen LogP contribution in [0.2, 0.25) is 0 Å². The maximum Gasteiger partial charge on any atom is 0.261 e. The van der Waals surface area contributed by atoms with Gasteiger partial charge in [-0.15, -0.1) is 0 Å². The molecule has 0 unspecified atom stereocenters. The Labute approximate surface area is 217 Å². The first kappa shape index (κ1) is 25.3. The molecule has 38 heavy (non-hydrogen) atoms. The fourth-order valence-electron chi connectivity index (χ4n) is 4.09. The van der Waals surface area contributed by atoms with Gasteiger partial charge >= 0.3 is 0 Å². The summed E-state index contributed by atoms with van der Waals surface area (Å²) in [6, 6.07) is 9.56. The molecule has 5 rings (SSSR count). The second kappa shape index (κ2) is 9.49. The fourth-order valence-corrected chi connectivity index (χ4v) is 5.15. The van der Waals surface area contributed by atoms with E-state index >= 15 is 4.39 Å². The van der Waals surface area contributed by atoms with E-state index in [4.69, 9.17) is 0 Å². The number of sulfonamides is 1. The van der Waals surface area contributed by atoms with Crippen molar-refractivity contribution in [2.45, 2.75) is 31.6 Å². The molecule has 5 aromatic rings. The quantitative estimate of drug-likeness (QED) is 0.231. The molecule has 0 bridgehead atoms. The molecule has 0 aliphatic rings. The van der Waals surface area contributed by atoms with Crippen molar-refractivity contribution in [1.82, 2.24) is 19.9 Å². The molecular formula is C27H23F2N5O3S. The SMILES string of the molecule is Cc1cnc(-c2cnc3[nH]cc(C(=O)c4c(F)ccc(NS(=O)(=O)c5ccc(C(C)C)cc5)c4F)c3c2)[nH]1. The first-order chi connectivity index (χ1) is 18.0. The predicted octanol–water partition coefficient (Wildman–Crippen LogP) is 5.69. The molecule has 0 fully saturated rings. The average Bonchev–Trinajstić information content (AvgIpc) is 3.51. The van der Waals surface area contributed by atoms with Crippen LogP contribution in [0.1, 0.15) is 46.9 Å². The Morgan fingerprint density at radius 2 is 1.76 bits per heavy atom. The molecule has 0 aliphatic heterocycles. The predicted molar refractivity (Wildman–Crippen MR) is 140 cm³/mol. The number of aromatic amines is 2. The summed E-state index contributed by atoms with van der Waals surface area (Å²) in [7, 11) is -4.21. The minimum absolute atomic E-state index is 0.0280. The molecule has 0 aliphatic carbocycles. The first-order valence-corrected chi connectivity index (χ1v) is 13.2. The molecule has 0 atom stereocenters. The number of benzene rings is 2. The number of imidazole rings is 1. The summed E-state index contributed by atoms with van der Waals surface area (Å²) in [4.78, 5) is 27.7. The number of H-pyrrole nitrogens is 2. The molecule has 8 nitrogen and oxygen atoms in total.